The highest BCUT2D eigenvalue weighted by Crippen LogP contribution is 2.30. The molecule has 2 rings (SSSR count). The first kappa shape index (κ1) is 15.8. The minimum atomic E-state index is -0.0110. The number of carbonyl (C=O) groups excluding carboxylic acids is 1. The molecule has 1 aliphatic rings. The van der Waals surface area contributed by atoms with Crippen molar-refractivity contribution in [3.05, 3.63) is 23.9 Å². The molecular formula is C17H27N3O. The van der Waals surface area contributed by atoms with Gasteiger partial charge in [-0.05, 0) is 43.7 Å². The topological polar surface area (TPSA) is 54.0 Å². The molecule has 0 atom stereocenters. The molecule has 1 heterocycles. The van der Waals surface area contributed by atoms with Crippen molar-refractivity contribution < 1.29 is 4.79 Å². The summed E-state index contributed by atoms with van der Waals surface area (Å²) in [7, 11) is 0. The standard InChI is InChI=1S/C17H27N3O/c1-3-13-5-7-14(8-6-13)11-20-17(21)15-9-10-16(18-4-2)19-12-15/h9-10,12-14H,3-8,11H2,1-2H3,(H,18,19)(H,20,21). The van der Waals surface area contributed by atoms with Crippen LogP contribution in [-0.2, 0) is 0 Å². The molecule has 0 radical (unpaired) electrons. The van der Waals surface area contributed by atoms with Crippen LogP contribution in [0, 0.1) is 11.8 Å². The van der Waals surface area contributed by atoms with Crippen LogP contribution >= 0.6 is 0 Å². The van der Waals surface area contributed by atoms with E-state index in [1.54, 1.807) is 6.20 Å². The number of carbonyl (C=O) groups is 1. The Bertz CT molecular complexity index is 436. The van der Waals surface area contributed by atoms with Crippen LogP contribution in [0.25, 0.3) is 0 Å². The Morgan fingerprint density at radius 2 is 1.90 bits per heavy atom. The van der Waals surface area contributed by atoms with E-state index in [0.29, 0.717) is 11.5 Å². The lowest BCUT2D eigenvalue weighted by molar-refractivity contribution is 0.0941. The van der Waals surface area contributed by atoms with E-state index < -0.39 is 0 Å². The van der Waals surface area contributed by atoms with Crippen LogP contribution in [0.15, 0.2) is 18.3 Å². The number of anilines is 1. The average Bonchev–Trinajstić information content (AvgIpc) is 2.54. The summed E-state index contributed by atoms with van der Waals surface area (Å²) < 4.78 is 0. The van der Waals surface area contributed by atoms with Gasteiger partial charge in [0.2, 0.25) is 0 Å². The molecule has 0 unspecified atom stereocenters. The maximum Gasteiger partial charge on any atom is 0.252 e. The zero-order valence-corrected chi connectivity index (χ0v) is 13.2. The van der Waals surface area contributed by atoms with E-state index in [1.165, 1.54) is 32.1 Å². The second-order valence-electron chi connectivity index (χ2n) is 5.97. The summed E-state index contributed by atoms with van der Waals surface area (Å²) in [4.78, 5) is 16.3. The predicted octanol–water partition coefficient (Wildman–Crippen LogP) is 3.46. The molecule has 0 saturated heterocycles. The number of nitrogens with one attached hydrogen (secondary N) is 2. The van der Waals surface area contributed by atoms with E-state index in [2.05, 4.69) is 22.5 Å². The van der Waals surface area contributed by atoms with Crippen molar-refractivity contribution in [1.29, 1.82) is 0 Å². The highest BCUT2D eigenvalue weighted by molar-refractivity contribution is 5.94. The third-order valence-corrected chi connectivity index (χ3v) is 4.48. The van der Waals surface area contributed by atoms with E-state index in [-0.39, 0.29) is 5.91 Å². The molecule has 0 aromatic carbocycles. The Hall–Kier alpha value is -1.58. The van der Waals surface area contributed by atoms with Gasteiger partial charge in [-0.2, -0.15) is 0 Å². The molecule has 1 amide bonds. The van der Waals surface area contributed by atoms with Crippen LogP contribution in [0.4, 0.5) is 5.82 Å². The number of aromatic nitrogens is 1. The monoisotopic (exact) mass is 289 g/mol. The number of hydrogen-bond acceptors (Lipinski definition) is 3. The fourth-order valence-electron chi connectivity index (χ4n) is 3.00. The van der Waals surface area contributed by atoms with Crippen LogP contribution in [-0.4, -0.2) is 24.0 Å². The first-order valence-electron chi connectivity index (χ1n) is 8.21. The molecule has 0 bridgehead atoms. The molecular weight excluding hydrogens is 262 g/mol. The highest BCUT2D eigenvalue weighted by Gasteiger charge is 2.20. The van der Waals surface area contributed by atoms with Gasteiger partial charge in [0.25, 0.3) is 5.91 Å². The summed E-state index contributed by atoms with van der Waals surface area (Å²) >= 11 is 0. The fourth-order valence-corrected chi connectivity index (χ4v) is 3.00. The lowest BCUT2D eigenvalue weighted by atomic mass is 9.81. The van der Waals surface area contributed by atoms with Gasteiger partial charge >= 0.3 is 0 Å². The summed E-state index contributed by atoms with van der Waals surface area (Å²) in [5.74, 6) is 2.35. The Balaban J connectivity index is 1.76. The van der Waals surface area contributed by atoms with E-state index in [9.17, 15) is 4.79 Å². The number of hydrogen-bond donors (Lipinski definition) is 2. The van der Waals surface area contributed by atoms with Gasteiger partial charge < -0.3 is 10.6 Å². The average molecular weight is 289 g/mol. The van der Waals surface area contributed by atoms with Gasteiger partial charge in [0.15, 0.2) is 0 Å². The third kappa shape index (κ3) is 4.73. The molecule has 1 fully saturated rings. The maximum absolute atomic E-state index is 12.1. The van der Waals surface area contributed by atoms with E-state index >= 15 is 0 Å². The smallest absolute Gasteiger partial charge is 0.252 e. The van der Waals surface area contributed by atoms with Crippen LogP contribution in [0.3, 0.4) is 0 Å². The number of amides is 1. The van der Waals surface area contributed by atoms with Gasteiger partial charge in [-0.3, -0.25) is 4.79 Å². The zero-order chi connectivity index (χ0) is 15.1. The van der Waals surface area contributed by atoms with Gasteiger partial charge in [0.1, 0.15) is 5.82 Å². The van der Waals surface area contributed by atoms with Crippen molar-refractivity contribution in [2.45, 2.75) is 46.0 Å². The number of pyridine rings is 1. The Morgan fingerprint density at radius 3 is 2.48 bits per heavy atom. The number of nitrogens with zero attached hydrogens (tertiary/aromatic N) is 1. The molecule has 116 valence electrons. The van der Waals surface area contributed by atoms with Gasteiger partial charge in [0.05, 0.1) is 5.56 Å². The molecule has 2 N–H and O–H groups in total. The second-order valence-corrected chi connectivity index (χ2v) is 5.97. The predicted molar refractivity (Wildman–Crippen MR) is 86.5 cm³/mol. The molecule has 0 spiro atoms. The number of rotatable bonds is 6. The summed E-state index contributed by atoms with van der Waals surface area (Å²) in [5, 5.41) is 6.18. The summed E-state index contributed by atoms with van der Waals surface area (Å²) in [6.07, 6.45) is 8.06. The van der Waals surface area contributed by atoms with Crippen LogP contribution in [0.5, 0.6) is 0 Å². The van der Waals surface area contributed by atoms with Crippen LogP contribution in [0.2, 0.25) is 0 Å². The molecule has 1 aliphatic carbocycles. The largest absolute Gasteiger partial charge is 0.370 e. The van der Waals surface area contributed by atoms with Crippen LogP contribution < -0.4 is 10.6 Å². The summed E-state index contributed by atoms with van der Waals surface area (Å²) in [6.45, 7) is 5.93. The SMILES string of the molecule is CCNc1ccc(C(=O)NCC2CCC(CC)CC2)cn1. The summed E-state index contributed by atoms with van der Waals surface area (Å²) in [5.41, 5.74) is 0.638. The molecule has 0 aliphatic heterocycles. The van der Waals surface area contributed by atoms with Gasteiger partial charge in [0, 0.05) is 19.3 Å². The van der Waals surface area contributed by atoms with Crippen molar-refractivity contribution in [3.63, 3.8) is 0 Å². The van der Waals surface area contributed by atoms with E-state index in [4.69, 9.17) is 0 Å². The first-order valence-corrected chi connectivity index (χ1v) is 8.21. The van der Waals surface area contributed by atoms with Crippen molar-refractivity contribution in [1.82, 2.24) is 10.3 Å². The maximum atomic E-state index is 12.1. The Kier molecular flexibility index (Phi) is 6.03. The lowest BCUT2D eigenvalue weighted by Crippen LogP contribution is -2.31. The second kappa shape index (κ2) is 8.01. The summed E-state index contributed by atoms with van der Waals surface area (Å²) in [6, 6.07) is 3.68. The molecule has 21 heavy (non-hydrogen) atoms. The molecule has 1 saturated carbocycles. The first-order chi connectivity index (χ1) is 10.2. The van der Waals surface area contributed by atoms with Gasteiger partial charge in [-0.25, -0.2) is 4.98 Å². The molecule has 1 aromatic rings. The van der Waals surface area contributed by atoms with Gasteiger partial charge in [-0.15, -0.1) is 0 Å². The molecule has 1 aromatic heterocycles. The quantitative estimate of drug-likeness (QED) is 0.843. The fraction of sp³-hybridized carbons (Fsp3) is 0.647. The zero-order valence-electron chi connectivity index (χ0n) is 13.2. The van der Waals surface area contributed by atoms with Crippen molar-refractivity contribution in [2.24, 2.45) is 11.8 Å². The van der Waals surface area contributed by atoms with Crippen molar-refractivity contribution in [3.8, 4) is 0 Å². The van der Waals surface area contributed by atoms with Crippen LogP contribution in [0.1, 0.15) is 56.3 Å². The highest BCUT2D eigenvalue weighted by atomic mass is 16.1. The molecule has 4 nitrogen and oxygen atoms in total. The minimum absolute atomic E-state index is 0.0110. The van der Waals surface area contributed by atoms with Crippen molar-refractivity contribution in [2.75, 3.05) is 18.4 Å². The Labute approximate surface area is 127 Å². The van der Waals surface area contributed by atoms with E-state index in [0.717, 1.165) is 24.8 Å². The lowest BCUT2D eigenvalue weighted by Gasteiger charge is -2.27. The van der Waals surface area contributed by atoms with Gasteiger partial charge in [-0.1, -0.05) is 26.2 Å². The van der Waals surface area contributed by atoms with Crippen molar-refractivity contribution >= 4 is 11.7 Å². The normalized spacial score (nSPS) is 21.8. The minimum Gasteiger partial charge on any atom is -0.370 e. The Morgan fingerprint density at radius 1 is 1.19 bits per heavy atom. The van der Waals surface area contributed by atoms with E-state index in [1.807, 2.05) is 19.1 Å². The third-order valence-electron chi connectivity index (χ3n) is 4.48. The molecule has 4 heteroatoms.